The van der Waals surface area contributed by atoms with Crippen molar-refractivity contribution in [2.24, 2.45) is 0 Å². The van der Waals surface area contributed by atoms with E-state index in [1.165, 1.54) is 5.69 Å². The Morgan fingerprint density at radius 1 is 1.30 bits per heavy atom. The molecule has 1 amide bonds. The van der Waals surface area contributed by atoms with Gasteiger partial charge in [-0.1, -0.05) is 6.07 Å². The van der Waals surface area contributed by atoms with Crippen LogP contribution in [0.1, 0.15) is 26.5 Å². The third kappa shape index (κ3) is 5.26. The average Bonchev–Trinajstić information content (AvgIpc) is 2.48. The van der Waals surface area contributed by atoms with Crippen LogP contribution in [0.25, 0.3) is 0 Å². The average molecular weight is 316 g/mol. The first kappa shape index (κ1) is 17.3. The van der Waals surface area contributed by atoms with Crippen molar-refractivity contribution in [3.05, 3.63) is 30.1 Å². The smallest absolute Gasteiger partial charge is 0.410 e. The molecule has 0 atom stereocenters. The molecule has 0 N–H and O–H groups in total. The SMILES string of the molecule is C#CC[n+]1ccccc1CN1CCN(C(=O)OC(C)(C)C)CC1. The van der Waals surface area contributed by atoms with Crippen LogP contribution in [0.5, 0.6) is 0 Å². The predicted octanol–water partition coefficient (Wildman–Crippen LogP) is 1.66. The van der Waals surface area contributed by atoms with Gasteiger partial charge in [-0.25, -0.2) is 4.79 Å². The molecule has 0 aliphatic carbocycles. The summed E-state index contributed by atoms with van der Waals surface area (Å²) in [6.07, 6.45) is 7.21. The zero-order chi connectivity index (χ0) is 16.9. The summed E-state index contributed by atoms with van der Waals surface area (Å²) >= 11 is 0. The second-order valence-electron chi connectivity index (χ2n) is 6.77. The third-order valence-corrected chi connectivity index (χ3v) is 3.71. The number of nitrogens with zero attached hydrogens (tertiary/aromatic N) is 3. The fourth-order valence-corrected chi connectivity index (χ4v) is 2.55. The van der Waals surface area contributed by atoms with E-state index in [1.54, 1.807) is 4.90 Å². The van der Waals surface area contributed by atoms with Crippen LogP contribution >= 0.6 is 0 Å². The molecule has 5 heteroatoms. The number of terminal acetylenes is 1. The van der Waals surface area contributed by atoms with Crippen molar-refractivity contribution >= 4 is 6.09 Å². The lowest BCUT2D eigenvalue weighted by Crippen LogP contribution is -2.51. The van der Waals surface area contributed by atoms with Crippen molar-refractivity contribution in [3.8, 4) is 12.3 Å². The van der Waals surface area contributed by atoms with Crippen LogP contribution in [0.4, 0.5) is 4.79 Å². The Hall–Kier alpha value is -2.06. The number of ether oxygens (including phenoxy) is 1. The van der Waals surface area contributed by atoms with Crippen LogP contribution in [0.15, 0.2) is 24.4 Å². The highest BCUT2D eigenvalue weighted by Gasteiger charge is 2.26. The molecule has 0 saturated carbocycles. The van der Waals surface area contributed by atoms with Gasteiger partial charge in [-0.15, -0.1) is 6.42 Å². The van der Waals surface area contributed by atoms with E-state index in [0.717, 1.165) is 19.6 Å². The molecule has 0 spiro atoms. The zero-order valence-electron chi connectivity index (χ0n) is 14.3. The van der Waals surface area contributed by atoms with E-state index in [4.69, 9.17) is 11.2 Å². The Bertz CT molecular complexity index is 579. The number of aromatic nitrogens is 1. The van der Waals surface area contributed by atoms with Crippen LogP contribution in [0.3, 0.4) is 0 Å². The minimum absolute atomic E-state index is 0.223. The van der Waals surface area contributed by atoms with Crippen LogP contribution in [0, 0.1) is 12.3 Å². The highest BCUT2D eigenvalue weighted by molar-refractivity contribution is 5.68. The van der Waals surface area contributed by atoms with Gasteiger partial charge in [0.15, 0.2) is 11.9 Å². The number of amides is 1. The molecule has 1 aliphatic rings. The van der Waals surface area contributed by atoms with E-state index in [-0.39, 0.29) is 6.09 Å². The number of piperazine rings is 1. The Morgan fingerprint density at radius 3 is 2.61 bits per heavy atom. The summed E-state index contributed by atoms with van der Waals surface area (Å²) in [4.78, 5) is 16.2. The Labute approximate surface area is 138 Å². The molecule has 1 aromatic heterocycles. The van der Waals surface area contributed by atoms with Crippen LogP contribution in [-0.4, -0.2) is 47.7 Å². The Balaban J connectivity index is 1.88. The standard InChI is InChI=1S/C18H26N3O2/c1-5-9-20-10-7-6-8-16(20)15-19-11-13-21(14-12-19)17(22)23-18(2,3)4/h1,6-8,10H,9,11-15H2,2-4H3/q+1. The minimum Gasteiger partial charge on any atom is -0.444 e. The molecule has 0 bridgehead atoms. The van der Waals surface area contributed by atoms with Crippen LogP contribution < -0.4 is 4.57 Å². The summed E-state index contributed by atoms with van der Waals surface area (Å²) < 4.78 is 7.51. The first-order chi connectivity index (χ1) is 10.9. The van der Waals surface area contributed by atoms with Crippen molar-refractivity contribution in [1.82, 2.24) is 9.80 Å². The van der Waals surface area contributed by atoms with Crippen LogP contribution in [0.2, 0.25) is 0 Å². The molecule has 124 valence electrons. The molecule has 0 aromatic carbocycles. The molecular weight excluding hydrogens is 290 g/mol. The van der Waals surface area contributed by atoms with Crippen LogP contribution in [-0.2, 0) is 17.8 Å². The summed E-state index contributed by atoms with van der Waals surface area (Å²) in [6, 6.07) is 6.11. The van der Waals surface area contributed by atoms with E-state index in [9.17, 15) is 4.79 Å². The van der Waals surface area contributed by atoms with Gasteiger partial charge >= 0.3 is 6.09 Å². The number of hydrogen-bond donors (Lipinski definition) is 0. The first-order valence-electron chi connectivity index (χ1n) is 8.00. The van der Waals surface area contributed by atoms with E-state index in [2.05, 4.69) is 21.5 Å². The highest BCUT2D eigenvalue weighted by atomic mass is 16.6. The lowest BCUT2D eigenvalue weighted by atomic mass is 10.2. The van der Waals surface area contributed by atoms with E-state index >= 15 is 0 Å². The topological polar surface area (TPSA) is 36.7 Å². The Kier molecular flexibility index (Phi) is 5.62. The van der Waals surface area contributed by atoms with E-state index in [1.807, 2.05) is 39.1 Å². The summed E-state index contributed by atoms with van der Waals surface area (Å²) in [5, 5.41) is 0. The molecule has 0 unspecified atom stereocenters. The largest absolute Gasteiger partial charge is 0.444 e. The number of hydrogen-bond acceptors (Lipinski definition) is 3. The third-order valence-electron chi connectivity index (χ3n) is 3.71. The van der Waals surface area contributed by atoms with Gasteiger partial charge in [-0.2, -0.15) is 4.57 Å². The fraction of sp³-hybridized carbons (Fsp3) is 0.556. The maximum absolute atomic E-state index is 12.1. The predicted molar refractivity (Wildman–Crippen MR) is 88.6 cm³/mol. The van der Waals surface area contributed by atoms with Gasteiger partial charge in [-0.05, 0) is 26.7 Å². The van der Waals surface area contributed by atoms with Gasteiger partial charge in [-0.3, -0.25) is 4.90 Å². The van der Waals surface area contributed by atoms with Gasteiger partial charge in [0.05, 0.1) is 6.54 Å². The maximum Gasteiger partial charge on any atom is 0.410 e. The Morgan fingerprint density at radius 2 is 2.00 bits per heavy atom. The first-order valence-corrected chi connectivity index (χ1v) is 8.00. The second kappa shape index (κ2) is 7.47. The maximum atomic E-state index is 12.1. The zero-order valence-corrected chi connectivity index (χ0v) is 14.3. The molecule has 1 fully saturated rings. The van der Waals surface area contributed by atoms with Crippen molar-refractivity contribution in [3.63, 3.8) is 0 Å². The van der Waals surface area contributed by atoms with E-state index < -0.39 is 5.60 Å². The monoisotopic (exact) mass is 316 g/mol. The summed E-state index contributed by atoms with van der Waals surface area (Å²) in [6.45, 7) is 10.1. The highest BCUT2D eigenvalue weighted by Crippen LogP contribution is 2.12. The molecule has 23 heavy (non-hydrogen) atoms. The normalized spacial score (nSPS) is 16.0. The van der Waals surface area contributed by atoms with Crippen molar-refractivity contribution in [2.45, 2.75) is 39.5 Å². The number of carbonyl (C=O) groups excluding carboxylic acids is 1. The van der Waals surface area contributed by atoms with E-state index in [0.29, 0.717) is 19.6 Å². The van der Waals surface area contributed by atoms with Gasteiger partial charge < -0.3 is 9.64 Å². The van der Waals surface area contributed by atoms with Crippen molar-refractivity contribution in [2.75, 3.05) is 26.2 Å². The minimum atomic E-state index is -0.445. The molecule has 1 aliphatic heterocycles. The van der Waals surface area contributed by atoms with Gasteiger partial charge in [0.2, 0.25) is 6.54 Å². The summed E-state index contributed by atoms with van der Waals surface area (Å²) in [7, 11) is 0. The van der Waals surface area contributed by atoms with Gasteiger partial charge in [0.25, 0.3) is 0 Å². The quantitative estimate of drug-likeness (QED) is 0.629. The van der Waals surface area contributed by atoms with Crippen molar-refractivity contribution < 1.29 is 14.1 Å². The van der Waals surface area contributed by atoms with Crippen molar-refractivity contribution in [1.29, 1.82) is 0 Å². The van der Waals surface area contributed by atoms with Gasteiger partial charge in [0, 0.05) is 38.3 Å². The molecule has 2 rings (SSSR count). The molecule has 0 radical (unpaired) electrons. The summed E-state index contributed by atoms with van der Waals surface area (Å²) in [5.41, 5.74) is 0.745. The molecule has 5 nitrogen and oxygen atoms in total. The molecular formula is C18H26N3O2+. The van der Waals surface area contributed by atoms with Gasteiger partial charge in [0.1, 0.15) is 5.60 Å². The lowest BCUT2D eigenvalue weighted by Gasteiger charge is -2.35. The molecule has 1 aromatic rings. The summed E-state index contributed by atoms with van der Waals surface area (Å²) in [5.74, 6) is 2.68. The lowest BCUT2D eigenvalue weighted by molar-refractivity contribution is -0.693. The number of rotatable bonds is 3. The molecule has 1 saturated heterocycles. The fourth-order valence-electron chi connectivity index (χ4n) is 2.55. The number of pyridine rings is 1. The number of carbonyl (C=O) groups is 1. The molecule has 2 heterocycles. The second-order valence-corrected chi connectivity index (χ2v) is 6.77.